The summed E-state index contributed by atoms with van der Waals surface area (Å²) in [5, 5.41) is 24.8. The van der Waals surface area contributed by atoms with Crippen molar-refractivity contribution in [2.24, 2.45) is 0 Å². The Morgan fingerprint density at radius 2 is 2.17 bits per heavy atom. The van der Waals surface area contributed by atoms with Crippen molar-refractivity contribution in [3.8, 4) is 6.07 Å². The maximum Gasteiger partial charge on any atom is 0.273 e. The molecule has 0 aliphatic rings. The SMILES string of the molecule is CN(CC(=O)Nc1sccc1C#N)Cc1ccccc1[N+](=O)[O-]. The third-order valence-electron chi connectivity index (χ3n) is 3.08. The molecule has 1 amide bonds. The van der Waals surface area contributed by atoms with E-state index in [1.165, 1.54) is 17.4 Å². The minimum absolute atomic E-state index is 0.0322. The maximum atomic E-state index is 12.0. The number of benzene rings is 1. The van der Waals surface area contributed by atoms with Crippen molar-refractivity contribution in [3.63, 3.8) is 0 Å². The Morgan fingerprint density at radius 1 is 1.43 bits per heavy atom. The molecule has 0 spiro atoms. The second-order valence-electron chi connectivity index (χ2n) is 4.88. The molecule has 118 valence electrons. The molecule has 0 saturated heterocycles. The third kappa shape index (κ3) is 4.35. The van der Waals surface area contributed by atoms with Gasteiger partial charge in [0.15, 0.2) is 0 Å². The summed E-state index contributed by atoms with van der Waals surface area (Å²) in [5.74, 6) is -0.273. The van der Waals surface area contributed by atoms with Gasteiger partial charge >= 0.3 is 0 Å². The van der Waals surface area contributed by atoms with E-state index < -0.39 is 4.92 Å². The number of nitrogens with one attached hydrogen (secondary N) is 1. The molecule has 0 fully saturated rings. The summed E-state index contributed by atoms with van der Waals surface area (Å²) in [4.78, 5) is 24.2. The lowest BCUT2D eigenvalue weighted by molar-refractivity contribution is -0.385. The van der Waals surface area contributed by atoms with Gasteiger partial charge in [0.1, 0.15) is 11.1 Å². The number of likely N-dealkylation sites (N-methyl/N-ethyl adjacent to an activating group) is 1. The van der Waals surface area contributed by atoms with Gasteiger partial charge in [-0.2, -0.15) is 5.26 Å². The van der Waals surface area contributed by atoms with E-state index in [0.29, 0.717) is 16.1 Å². The quantitative estimate of drug-likeness (QED) is 0.648. The first-order valence-corrected chi connectivity index (χ1v) is 7.57. The van der Waals surface area contributed by atoms with E-state index >= 15 is 0 Å². The summed E-state index contributed by atoms with van der Waals surface area (Å²) in [6.45, 7) is 0.342. The summed E-state index contributed by atoms with van der Waals surface area (Å²) in [5.41, 5.74) is 0.996. The van der Waals surface area contributed by atoms with Gasteiger partial charge in [-0.1, -0.05) is 18.2 Å². The fourth-order valence-corrected chi connectivity index (χ4v) is 2.83. The molecule has 0 radical (unpaired) electrons. The predicted molar refractivity (Wildman–Crippen MR) is 87.1 cm³/mol. The zero-order valence-corrected chi connectivity index (χ0v) is 13.2. The number of amides is 1. The molecule has 1 N–H and O–H groups in total. The molecule has 0 aliphatic heterocycles. The molecule has 2 aromatic rings. The van der Waals surface area contributed by atoms with Crippen LogP contribution in [0.3, 0.4) is 0 Å². The number of carbonyl (C=O) groups excluding carboxylic acids is 1. The zero-order chi connectivity index (χ0) is 16.8. The number of nitro benzene ring substituents is 1. The normalized spacial score (nSPS) is 10.3. The molecule has 2 rings (SSSR count). The first-order valence-electron chi connectivity index (χ1n) is 6.69. The summed E-state index contributed by atoms with van der Waals surface area (Å²) < 4.78 is 0. The molecule has 23 heavy (non-hydrogen) atoms. The van der Waals surface area contributed by atoms with Gasteiger partial charge in [0.2, 0.25) is 5.91 Å². The standard InChI is InChI=1S/C15H14N4O3S/c1-18(9-12-4-2-3-5-13(12)19(21)22)10-14(20)17-15-11(8-16)6-7-23-15/h2-7H,9-10H2,1H3,(H,17,20). The highest BCUT2D eigenvalue weighted by molar-refractivity contribution is 7.14. The average molecular weight is 330 g/mol. The number of nitro groups is 1. The smallest absolute Gasteiger partial charge is 0.273 e. The van der Waals surface area contributed by atoms with Crippen molar-refractivity contribution < 1.29 is 9.72 Å². The lowest BCUT2D eigenvalue weighted by atomic mass is 10.1. The molecular formula is C15H14N4O3S. The second-order valence-corrected chi connectivity index (χ2v) is 5.80. The fourth-order valence-electron chi connectivity index (χ4n) is 2.07. The van der Waals surface area contributed by atoms with Crippen molar-refractivity contribution in [3.05, 3.63) is 57.0 Å². The van der Waals surface area contributed by atoms with E-state index in [1.807, 2.05) is 6.07 Å². The predicted octanol–water partition coefficient (Wildman–Crippen LogP) is 2.60. The largest absolute Gasteiger partial charge is 0.315 e. The minimum atomic E-state index is -0.436. The van der Waals surface area contributed by atoms with Crippen LogP contribution in [-0.2, 0) is 11.3 Å². The van der Waals surface area contributed by atoms with Crippen molar-refractivity contribution >= 4 is 27.9 Å². The third-order valence-corrected chi connectivity index (χ3v) is 3.91. The number of anilines is 1. The first kappa shape index (κ1) is 16.6. The number of nitriles is 1. The fraction of sp³-hybridized carbons (Fsp3) is 0.200. The van der Waals surface area contributed by atoms with Crippen LogP contribution >= 0.6 is 11.3 Å². The molecule has 0 saturated carbocycles. The van der Waals surface area contributed by atoms with Gasteiger partial charge in [0.05, 0.1) is 17.0 Å². The summed E-state index contributed by atoms with van der Waals surface area (Å²) >= 11 is 1.28. The van der Waals surface area contributed by atoms with Crippen LogP contribution in [0.25, 0.3) is 0 Å². The molecule has 1 heterocycles. The second kappa shape index (κ2) is 7.49. The van der Waals surface area contributed by atoms with E-state index in [2.05, 4.69) is 5.32 Å². The van der Waals surface area contributed by atoms with Crippen LogP contribution in [0.5, 0.6) is 0 Å². The van der Waals surface area contributed by atoms with E-state index in [9.17, 15) is 14.9 Å². The van der Waals surface area contributed by atoms with Crippen LogP contribution in [0.2, 0.25) is 0 Å². The number of hydrogen-bond donors (Lipinski definition) is 1. The lowest BCUT2D eigenvalue weighted by Gasteiger charge is -2.16. The molecule has 0 atom stereocenters. The molecule has 1 aromatic carbocycles. The Bertz CT molecular complexity index is 766. The average Bonchev–Trinajstić information content (AvgIpc) is 2.94. The monoisotopic (exact) mass is 330 g/mol. The van der Waals surface area contributed by atoms with E-state index in [4.69, 9.17) is 5.26 Å². The molecular weight excluding hydrogens is 316 g/mol. The van der Waals surface area contributed by atoms with Gasteiger partial charge in [-0.3, -0.25) is 19.8 Å². The van der Waals surface area contributed by atoms with Gasteiger partial charge in [-0.05, 0) is 18.5 Å². The summed E-state index contributed by atoms with van der Waals surface area (Å²) in [6, 6.07) is 10.1. The van der Waals surface area contributed by atoms with E-state index in [1.54, 1.807) is 41.6 Å². The lowest BCUT2D eigenvalue weighted by Crippen LogP contribution is -2.30. The number of para-hydroxylation sites is 1. The Hall–Kier alpha value is -2.76. The number of hydrogen-bond acceptors (Lipinski definition) is 6. The zero-order valence-electron chi connectivity index (χ0n) is 12.4. The number of rotatable bonds is 6. The molecule has 7 nitrogen and oxygen atoms in total. The van der Waals surface area contributed by atoms with Crippen molar-refractivity contribution in [1.82, 2.24) is 4.90 Å². The summed E-state index contributed by atoms with van der Waals surface area (Å²) in [6.07, 6.45) is 0. The maximum absolute atomic E-state index is 12.0. The van der Waals surface area contributed by atoms with Gasteiger partial charge < -0.3 is 5.32 Å². The molecule has 8 heteroatoms. The number of thiophene rings is 1. The van der Waals surface area contributed by atoms with Crippen LogP contribution in [0.4, 0.5) is 10.7 Å². The van der Waals surface area contributed by atoms with Crippen molar-refractivity contribution in [2.45, 2.75) is 6.54 Å². The summed E-state index contributed by atoms with van der Waals surface area (Å²) in [7, 11) is 1.70. The first-order chi connectivity index (χ1) is 11.0. The highest BCUT2D eigenvalue weighted by Gasteiger charge is 2.16. The topological polar surface area (TPSA) is 99.3 Å². The van der Waals surface area contributed by atoms with Crippen LogP contribution in [0.15, 0.2) is 35.7 Å². The van der Waals surface area contributed by atoms with Gasteiger partial charge in [0.25, 0.3) is 5.69 Å². The Kier molecular flexibility index (Phi) is 5.41. The molecule has 0 bridgehead atoms. The Morgan fingerprint density at radius 3 is 2.87 bits per heavy atom. The Balaban J connectivity index is 1.97. The van der Waals surface area contributed by atoms with E-state index in [0.717, 1.165) is 0 Å². The highest BCUT2D eigenvalue weighted by Crippen LogP contribution is 2.22. The Labute approximate surface area is 136 Å². The highest BCUT2D eigenvalue weighted by atomic mass is 32.1. The van der Waals surface area contributed by atoms with Crippen LogP contribution in [-0.4, -0.2) is 29.3 Å². The molecule has 0 unspecified atom stereocenters. The van der Waals surface area contributed by atoms with Gasteiger partial charge in [0, 0.05) is 18.2 Å². The van der Waals surface area contributed by atoms with Crippen LogP contribution in [0.1, 0.15) is 11.1 Å². The van der Waals surface area contributed by atoms with Gasteiger partial charge in [-0.15, -0.1) is 11.3 Å². The minimum Gasteiger partial charge on any atom is -0.315 e. The number of nitrogens with zero attached hydrogens (tertiary/aromatic N) is 3. The van der Waals surface area contributed by atoms with Crippen LogP contribution in [0, 0.1) is 21.4 Å². The van der Waals surface area contributed by atoms with Crippen molar-refractivity contribution in [1.29, 1.82) is 5.26 Å². The molecule has 1 aromatic heterocycles. The molecule has 0 aliphatic carbocycles. The number of carbonyl (C=O) groups is 1. The van der Waals surface area contributed by atoms with Gasteiger partial charge in [-0.25, -0.2) is 0 Å². The van der Waals surface area contributed by atoms with Crippen molar-refractivity contribution in [2.75, 3.05) is 18.9 Å². The van der Waals surface area contributed by atoms with E-state index in [-0.39, 0.29) is 24.7 Å². The van der Waals surface area contributed by atoms with Crippen LogP contribution < -0.4 is 5.32 Å².